The highest BCUT2D eigenvalue weighted by molar-refractivity contribution is 7.22. The number of nitrogens with one attached hydrogen (secondary N) is 1. The van der Waals surface area contributed by atoms with Crippen LogP contribution in [0.5, 0.6) is 11.5 Å². The van der Waals surface area contributed by atoms with Crippen LogP contribution in [-0.2, 0) is 0 Å². The van der Waals surface area contributed by atoms with Crippen LogP contribution in [0.2, 0.25) is 0 Å². The number of fused-ring (bicyclic) bond motifs is 1. The molecule has 1 saturated heterocycles. The highest BCUT2D eigenvalue weighted by Gasteiger charge is 2.25. The molecule has 148 valence electrons. The van der Waals surface area contributed by atoms with E-state index < -0.39 is 0 Å². The van der Waals surface area contributed by atoms with Gasteiger partial charge in [0, 0.05) is 25.8 Å². The van der Waals surface area contributed by atoms with Crippen LogP contribution in [-0.4, -0.2) is 47.4 Å². The van der Waals surface area contributed by atoms with Crippen LogP contribution in [0.1, 0.15) is 0 Å². The number of ether oxygens (including phenoxy) is 1. The average Bonchev–Trinajstić information content (AvgIpc) is 3.04. The minimum atomic E-state index is 0. The van der Waals surface area contributed by atoms with Crippen molar-refractivity contribution in [2.24, 2.45) is 0 Å². The van der Waals surface area contributed by atoms with Crippen molar-refractivity contribution in [3.8, 4) is 11.5 Å². The summed E-state index contributed by atoms with van der Waals surface area (Å²) in [5.74, 6) is 1.05. The van der Waals surface area contributed by atoms with Crippen LogP contribution < -0.4 is 15.0 Å². The van der Waals surface area contributed by atoms with Gasteiger partial charge in [-0.2, -0.15) is 0 Å². The largest absolute Gasteiger partial charge is 0.508 e. The summed E-state index contributed by atoms with van der Waals surface area (Å²) in [4.78, 5) is 11.1. The zero-order valence-electron chi connectivity index (χ0n) is 14.3. The zero-order chi connectivity index (χ0) is 16.4. The lowest BCUT2D eigenvalue weighted by molar-refractivity contribution is 0.266. The highest BCUT2D eigenvalue weighted by atomic mass is 35.5. The van der Waals surface area contributed by atoms with Crippen LogP contribution in [0.3, 0.4) is 0 Å². The van der Waals surface area contributed by atoms with Crippen LogP contribution in [0.25, 0.3) is 10.2 Å². The van der Waals surface area contributed by atoms with Gasteiger partial charge in [0.1, 0.15) is 18.1 Å². The Kier molecular flexibility index (Phi) is 9.35. The molecule has 0 saturated carbocycles. The Morgan fingerprint density at radius 2 is 2.11 bits per heavy atom. The number of rotatable bonds is 4. The summed E-state index contributed by atoms with van der Waals surface area (Å²) in [6, 6.07) is 9.27. The zero-order valence-corrected chi connectivity index (χ0v) is 17.5. The number of aromatic nitrogens is 2. The number of hydrogen-bond donors (Lipinski definition) is 2. The number of piperazine rings is 1. The summed E-state index contributed by atoms with van der Waals surface area (Å²) in [5, 5.41) is 14.0. The number of anilines is 1. The number of phenols is 1. The number of hydrogen-bond acceptors (Lipinski definition) is 7. The second-order valence-corrected chi connectivity index (χ2v) is 6.71. The summed E-state index contributed by atoms with van der Waals surface area (Å²) in [6.45, 7) is 3.22. The third kappa shape index (κ3) is 5.49. The van der Waals surface area contributed by atoms with Crippen molar-refractivity contribution in [2.45, 2.75) is 6.04 Å². The van der Waals surface area contributed by atoms with Gasteiger partial charge in [-0.15, -0.1) is 37.2 Å². The van der Waals surface area contributed by atoms with Gasteiger partial charge in [0.15, 0.2) is 5.13 Å². The highest BCUT2D eigenvalue weighted by Crippen LogP contribution is 2.32. The van der Waals surface area contributed by atoms with Gasteiger partial charge in [0.2, 0.25) is 0 Å². The van der Waals surface area contributed by atoms with E-state index in [-0.39, 0.29) is 49.0 Å². The first-order chi connectivity index (χ1) is 11.8. The first-order valence-electron chi connectivity index (χ1n) is 7.89. The molecule has 1 aromatic carbocycles. The summed E-state index contributed by atoms with van der Waals surface area (Å²) in [6.07, 6.45) is 3.46. The normalized spacial score (nSPS) is 16.0. The number of benzene rings is 1. The Bertz CT molecular complexity index is 837. The van der Waals surface area contributed by atoms with Crippen LogP contribution in [0.4, 0.5) is 5.13 Å². The lowest BCUT2D eigenvalue weighted by Crippen LogP contribution is -2.54. The van der Waals surface area contributed by atoms with Crippen molar-refractivity contribution in [3.05, 3.63) is 42.7 Å². The Balaban J connectivity index is 0.00000121. The predicted molar refractivity (Wildman–Crippen MR) is 117 cm³/mol. The van der Waals surface area contributed by atoms with Crippen LogP contribution in [0, 0.1) is 0 Å². The smallest absolute Gasteiger partial charge is 0.186 e. The van der Waals surface area contributed by atoms with E-state index in [0.29, 0.717) is 6.61 Å². The molecule has 2 N–H and O–H groups in total. The molecule has 0 spiro atoms. The van der Waals surface area contributed by atoms with Crippen LogP contribution >= 0.6 is 48.6 Å². The minimum Gasteiger partial charge on any atom is -0.508 e. The molecule has 27 heavy (non-hydrogen) atoms. The second kappa shape index (κ2) is 10.7. The van der Waals surface area contributed by atoms with E-state index >= 15 is 0 Å². The molecule has 10 heteroatoms. The molecular formula is C17H21Cl3N4O2S. The van der Waals surface area contributed by atoms with Gasteiger partial charge in [-0.3, -0.25) is 4.98 Å². The standard InChI is InChI=1S/C17H18N4O2S.3ClH/c22-13-3-4-15-16(8-13)24-17(20-15)21-7-6-19-9-12(21)11-23-14-2-1-5-18-10-14;;;/h1-5,8,10,12,19,22H,6-7,9,11H2;3*1H. The number of halogens is 3. The minimum absolute atomic E-state index is 0. The average molecular weight is 452 g/mol. The molecule has 1 aliphatic heterocycles. The van der Waals surface area contributed by atoms with Gasteiger partial charge in [0.05, 0.1) is 22.5 Å². The van der Waals surface area contributed by atoms with Crippen molar-refractivity contribution < 1.29 is 9.84 Å². The van der Waals surface area contributed by atoms with Crippen molar-refractivity contribution in [3.63, 3.8) is 0 Å². The summed E-state index contributed by atoms with van der Waals surface area (Å²) in [7, 11) is 0. The second-order valence-electron chi connectivity index (χ2n) is 5.70. The molecule has 0 radical (unpaired) electrons. The fraction of sp³-hybridized carbons (Fsp3) is 0.294. The maximum absolute atomic E-state index is 9.64. The summed E-state index contributed by atoms with van der Waals surface area (Å²) < 4.78 is 6.88. The third-order valence-corrected chi connectivity index (χ3v) is 5.09. The third-order valence-electron chi connectivity index (χ3n) is 4.03. The molecule has 1 atom stereocenters. The molecule has 6 nitrogen and oxygen atoms in total. The number of pyridine rings is 1. The Hall–Kier alpha value is -1.51. The molecule has 4 rings (SSSR count). The molecule has 2 aromatic heterocycles. The molecule has 0 bridgehead atoms. The fourth-order valence-electron chi connectivity index (χ4n) is 2.81. The predicted octanol–water partition coefficient (Wildman–Crippen LogP) is 3.52. The molecule has 3 aromatic rings. The van der Waals surface area contributed by atoms with E-state index in [1.165, 1.54) is 0 Å². The SMILES string of the molecule is Cl.Cl.Cl.Oc1ccc2nc(N3CCNCC3COc3cccnc3)sc2c1. The fourth-order valence-corrected chi connectivity index (χ4v) is 3.91. The first kappa shape index (κ1) is 23.5. The van der Waals surface area contributed by atoms with E-state index in [1.807, 2.05) is 18.2 Å². The van der Waals surface area contributed by atoms with Crippen molar-refractivity contribution >= 4 is 63.9 Å². The van der Waals surface area contributed by atoms with Crippen molar-refractivity contribution in [1.29, 1.82) is 0 Å². The molecule has 1 unspecified atom stereocenters. The maximum Gasteiger partial charge on any atom is 0.186 e. The number of phenolic OH excluding ortho intramolecular Hbond substituents is 1. The summed E-state index contributed by atoms with van der Waals surface area (Å²) >= 11 is 1.60. The van der Waals surface area contributed by atoms with Gasteiger partial charge >= 0.3 is 0 Å². The lowest BCUT2D eigenvalue weighted by atomic mass is 10.2. The van der Waals surface area contributed by atoms with Gasteiger partial charge in [-0.25, -0.2) is 4.98 Å². The summed E-state index contributed by atoms with van der Waals surface area (Å²) in [5.41, 5.74) is 0.915. The first-order valence-corrected chi connectivity index (χ1v) is 8.71. The molecule has 1 fully saturated rings. The topological polar surface area (TPSA) is 70.5 Å². The molecule has 0 aliphatic carbocycles. The number of nitrogens with zero attached hydrogens (tertiary/aromatic N) is 3. The molecular weight excluding hydrogens is 431 g/mol. The van der Waals surface area contributed by atoms with Gasteiger partial charge < -0.3 is 20.1 Å². The molecule has 1 aliphatic rings. The molecule has 3 heterocycles. The number of thiazole rings is 1. The maximum atomic E-state index is 9.64. The van der Waals surface area contributed by atoms with E-state index in [1.54, 1.807) is 35.9 Å². The van der Waals surface area contributed by atoms with Crippen molar-refractivity contribution in [1.82, 2.24) is 15.3 Å². The van der Waals surface area contributed by atoms with Crippen molar-refractivity contribution in [2.75, 3.05) is 31.1 Å². The van der Waals surface area contributed by atoms with E-state index in [9.17, 15) is 5.11 Å². The van der Waals surface area contributed by atoms with Gasteiger partial charge in [0.25, 0.3) is 0 Å². The van der Waals surface area contributed by atoms with Gasteiger partial charge in [-0.05, 0) is 30.3 Å². The Morgan fingerprint density at radius 3 is 2.89 bits per heavy atom. The quantitative estimate of drug-likeness (QED) is 0.632. The molecule has 0 amide bonds. The van der Waals surface area contributed by atoms with E-state index in [0.717, 1.165) is 40.7 Å². The monoisotopic (exact) mass is 450 g/mol. The van der Waals surface area contributed by atoms with Gasteiger partial charge in [-0.1, -0.05) is 11.3 Å². The lowest BCUT2D eigenvalue weighted by Gasteiger charge is -2.35. The van der Waals surface area contributed by atoms with E-state index in [2.05, 4.69) is 15.2 Å². The Morgan fingerprint density at radius 1 is 1.26 bits per heavy atom. The number of aromatic hydroxyl groups is 1. The Labute approximate surface area is 180 Å². The van der Waals surface area contributed by atoms with Crippen LogP contribution in [0.15, 0.2) is 42.7 Å². The van der Waals surface area contributed by atoms with E-state index in [4.69, 9.17) is 9.72 Å².